The van der Waals surface area contributed by atoms with Gasteiger partial charge in [0.25, 0.3) is 0 Å². The molecule has 0 radical (unpaired) electrons. The zero-order valence-corrected chi connectivity index (χ0v) is 18.5. The molecule has 0 unspecified atom stereocenters. The van der Waals surface area contributed by atoms with Crippen molar-refractivity contribution in [2.45, 2.75) is 24.3 Å². The smallest absolute Gasteiger partial charge is 0.227 e. The Morgan fingerprint density at radius 3 is 2.50 bits per heavy atom. The molecule has 1 fully saturated rings. The largest absolute Gasteiger partial charge is 0.495 e. The fourth-order valence-electron chi connectivity index (χ4n) is 3.41. The highest BCUT2D eigenvalue weighted by atomic mass is 35.5. The number of amides is 2. The van der Waals surface area contributed by atoms with Gasteiger partial charge in [0.1, 0.15) is 5.75 Å². The third kappa shape index (κ3) is 4.76. The lowest BCUT2D eigenvalue weighted by Gasteiger charge is -2.20. The van der Waals surface area contributed by atoms with Crippen molar-refractivity contribution in [3.05, 3.63) is 53.1 Å². The molecule has 30 heavy (non-hydrogen) atoms. The zero-order chi connectivity index (χ0) is 22.1. The minimum atomic E-state index is -3.28. The third-order valence-electron chi connectivity index (χ3n) is 5.09. The van der Waals surface area contributed by atoms with Crippen LogP contribution in [0.4, 0.5) is 5.69 Å². The molecule has 0 aromatic heterocycles. The molecule has 7 nitrogen and oxygen atoms in total. The number of benzene rings is 2. The Labute approximate surface area is 180 Å². The molecule has 1 aliphatic rings. The quantitative estimate of drug-likeness (QED) is 0.730. The van der Waals surface area contributed by atoms with E-state index >= 15 is 0 Å². The number of nitrogens with one attached hydrogen (secondary N) is 1. The van der Waals surface area contributed by atoms with Crippen molar-refractivity contribution in [3.8, 4) is 5.75 Å². The van der Waals surface area contributed by atoms with Crippen LogP contribution in [0, 0.1) is 5.92 Å². The number of hydrogen-bond acceptors (Lipinski definition) is 5. The molecular formula is C21H23ClN2O5S. The van der Waals surface area contributed by atoms with Gasteiger partial charge in [-0.2, -0.15) is 0 Å². The van der Waals surface area contributed by atoms with Gasteiger partial charge >= 0.3 is 0 Å². The molecule has 2 amide bonds. The van der Waals surface area contributed by atoms with Crippen molar-refractivity contribution < 1.29 is 22.7 Å². The molecule has 1 heterocycles. The molecule has 3 rings (SSSR count). The van der Waals surface area contributed by atoms with Crippen LogP contribution in [0.25, 0.3) is 0 Å². The first-order valence-electron chi connectivity index (χ1n) is 9.34. The molecule has 0 aliphatic carbocycles. The number of sulfone groups is 1. The van der Waals surface area contributed by atoms with Gasteiger partial charge in [-0.25, -0.2) is 8.42 Å². The fraction of sp³-hybridized carbons (Fsp3) is 0.333. The van der Waals surface area contributed by atoms with Gasteiger partial charge in [-0.3, -0.25) is 9.59 Å². The highest BCUT2D eigenvalue weighted by Crippen LogP contribution is 2.35. The number of halogens is 1. The molecule has 2 aromatic rings. The molecule has 0 saturated carbocycles. The summed E-state index contributed by atoms with van der Waals surface area (Å²) in [7, 11) is -1.77. The van der Waals surface area contributed by atoms with E-state index in [1.165, 1.54) is 24.1 Å². The number of rotatable bonds is 6. The predicted octanol–water partition coefficient (Wildman–Crippen LogP) is 2.98. The Kier molecular flexibility index (Phi) is 6.38. The molecule has 1 aliphatic heterocycles. The highest BCUT2D eigenvalue weighted by Gasteiger charge is 2.36. The van der Waals surface area contributed by atoms with Crippen LogP contribution in [-0.4, -0.2) is 40.1 Å². The lowest BCUT2D eigenvalue weighted by atomic mass is 10.1. The Hall–Kier alpha value is -2.58. The van der Waals surface area contributed by atoms with Crippen molar-refractivity contribution in [3.63, 3.8) is 0 Å². The van der Waals surface area contributed by atoms with Crippen LogP contribution in [-0.2, 0) is 19.4 Å². The number of methoxy groups -OCH3 is 1. The summed E-state index contributed by atoms with van der Waals surface area (Å²) in [4.78, 5) is 27.0. The lowest BCUT2D eigenvalue weighted by molar-refractivity contribution is -0.126. The third-order valence-corrected chi connectivity index (χ3v) is 6.46. The van der Waals surface area contributed by atoms with E-state index in [0.717, 1.165) is 11.8 Å². The average molecular weight is 451 g/mol. The molecule has 0 bridgehead atoms. The van der Waals surface area contributed by atoms with E-state index in [1.807, 2.05) is 6.92 Å². The van der Waals surface area contributed by atoms with E-state index in [1.54, 1.807) is 30.3 Å². The summed E-state index contributed by atoms with van der Waals surface area (Å²) in [6, 6.07) is 11.0. The Balaban J connectivity index is 1.69. The van der Waals surface area contributed by atoms with Crippen LogP contribution in [0.3, 0.4) is 0 Å². The van der Waals surface area contributed by atoms with Crippen molar-refractivity contribution in [1.29, 1.82) is 0 Å². The first-order valence-corrected chi connectivity index (χ1v) is 11.6. The van der Waals surface area contributed by atoms with Crippen LogP contribution >= 0.6 is 11.6 Å². The summed E-state index contributed by atoms with van der Waals surface area (Å²) in [5, 5.41) is 3.37. The molecule has 1 saturated heterocycles. The lowest BCUT2D eigenvalue weighted by Crippen LogP contribution is -2.34. The maximum atomic E-state index is 12.8. The fourth-order valence-corrected chi connectivity index (χ4v) is 4.21. The SMILES string of the molecule is COc1ccc(Cl)cc1N1C[C@@H](C(=O)N[C@H](C)c2ccc(S(C)(=O)=O)cc2)CC1=O. The number of carbonyl (C=O) groups excluding carboxylic acids is 2. The number of anilines is 1. The summed E-state index contributed by atoms with van der Waals surface area (Å²) < 4.78 is 28.5. The van der Waals surface area contributed by atoms with Crippen LogP contribution in [0.5, 0.6) is 5.75 Å². The van der Waals surface area contributed by atoms with Gasteiger partial charge in [0.05, 0.1) is 29.7 Å². The van der Waals surface area contributed by atoms with Crippen molar-refractivity contribution >= 4 is 38.9 Å². The minimum absolute atomic E-state index is 0.0846. The van der Waals surface area contributed by atoms with Gasteiger partial charge in [-0.15, -0.1) is 0 Å². The van der Waals surface area contributed by atoms with Crippen LogP contribution < -0.4 is 15.0 Å². The van der Waals surface area contributed by atoms with Crippen molar-refractivity contribution in [1.82, 2.24) is 5.32 Å². The standard InChI is InChI=1S/C21H23ClN2O5S/c1-13(14-4-7-17(8-5-14)30(3,27)28)23-21(26)15-10-20(25)24(12-15)18-11-16(22)6-9-19(18)29-2/h4-9,11,13,15H,10,12H2,1-3H3,(H,23,26)/t13-,15+/m1/s1. The molecule has 160 valence electrons. The number of nitrogens with zero attached hydrogens (tertiary/aromatic N) is 1. The van der Waals surface area contributed by atoms with Crippen LogP contribution in [0.1, 0.15) is 24.9 Å². The van der Waals surface area contributed by atoms with Crippen molar-refractivity contribution in [2.24, 2.45) is 5.92 Å². The molecule has 9 heteroatoms. The first kappa shape index (κ1) is 22.1. The number of carbonyl (C=O) groups is 2. The zero-order valence-electron chi connectivity index (χ0n) is 16.9. The summed E-state index contributed by atoms with van der Waals surface area (Å²) in [6.07, 6.45) is 1.23. The average Bonchev–Trinajstić information content (AvgIpc) is 3.09. The molecular weight excluding hydrogens is 428 g/mol. The highest BCUT2D eigenvalue weighted by molar-refractivity contribution is 7.90. The second-order valence-corrected chi connectivity index (χ2v) is 9.75. The summed E-state index contributed by atoms with van der Waals surface area (Å²) in [5.74, 6) is -0.431. The van der Waals surface area contributed by atoms with E-state index < -0.39 is 15.8 Å². The second kappa shape index (κ2) is 8.65. The van der Waals surface area contributed by atoms with Crippen LogP contribution in [0.15, 0.2) is 47.4 Å². The van der Waals surface area contributed by atoms with Gasteiger partial charge < -0.3 is 15.0 Å². The Morgan fingerprint density at radius 1 is 1.23 bits per heavy atom. The maximum absolute atomic E-state index is 12.8. The van der Waals surface area contributed by atoms with Gasteiger partial charge in [-0.05, 0) is 42.8 Å². The van der Waals surface area contributed by atoms with E-state index in [-0.39, 0.29) is 35.7 Å². The predicted molar refractivity (Wildman–Crippen MR) is 115 cm³/mol. The minimum Gasteiger partial charge on any atom is -0.495 e. The van der Waals surface area contributed by atoms with E-state index in [0.29, 0.717) is 16.5 Å². The van der Waals surface area contributed by atoms with Gasteiger partial charge in [-0.1, -0.05) is 23.7 Å². The molecule has 1 N–H and O–H groups in total. The van der Waals surface area contributed by atoms with E-state index in [4.69, 9.17) is 16.3 Å². The monoisotopic (exact) mass is 450 g/mol. The van der Waals surface area contributed by atoms with E-state index in [9.17, 15) is 18.0 Å². The van der Waals surface area contributed by atoms with E-state index in [2.05, 4.69) is 5.32 Å². The number of hydrogen-bond donors (Lipinski definition) is 1. The first-order chi connectivity index (χ1) is 14.1. The Morgan fingerprint density at radius 2 is 1.90 bits per heavy atom. The molecule has 0 spiro atoms. The van der Waals surface area contributed by atoms with Gasteiger partial charge in [0, 0.05) is 24.2 Å². The number of ether oxygens (including phenoxy) is 1. The summed E-state index contributed by atoms with van der Waals surface area (Å²) >= 11 is 6.06. The second-order valence-electron chi connectivity index (χ2n) is 7.29. The summed E-state index contributed by atoms with van der Waals surface area (Å²) in [5.41, 5.74) is 1.31. The summed E-state index contributed by atoms with van der Waals surface area (Å²) in [6.45, 7) is 2.03. The van der Waals surface area contributed by atoms with Gasteiger partial charge in [0.2, 0.25) is 11.8 Å². The molecule has 2 atom stereocenters. The topological polar surface area (TPSA) is 92.8 Å². The van der Waals surface area contributed by atoms with Gasteiger partial charge in [0.15, 0.2) is 9.84 Å². The normalized spacial score (nSPS) is 17.7. The molecule has 2 aromatic carbocycles. The Bertz CT molecular complexity index is 1070. The maximum Gasteiger partial charge on any atom is 0.227 e. The van der Waals surface area contributed by atoms with Crippen molar-refractivity contribution in [2.75, 3.05) is 24.8 Å². The van der Waals surface area contributed by atoms with Crippen LogP contribution in [0.2, 0.25) is 5.02 Å².